The van der Waals surface area contributed by atoms with E-state index < -0.39 is 5.06 Å². The summed E-state index contributed by atoms with van der Waals surface area (Å²) in [5.74, 6) is 0.253. The van der Waals surface area contributed by atoms with Crippen molar-refractivity contribution < 1.29 is 9.53 Å². The van der Waals surface area contributed by atoms with Crippen LogP contribution in [-0.4, -0.2) is 5.78 Å². The zero-order valence-corrected chi connectivity index (χ0v) is 10.8. The molecule has 94 valence electrons. The molecule has 0 N–H and O–H groups in total. The monoisotopic (exact) mass is 270 g/mol. The van der Waals surface area contributed by atoms with E-state index in [1.807, 2.05) is 48.5 Å². The fourth-order valence-corrected chi connectivity index (χ4v) is 2.31. The molecule has 0 amide bonds. The molecule has 1 aliphatic heterocycles. The van der Waals surface area contributed by atoms with Gasteiger partial charge in [-0.2, -0.15) is 0 Å². The maximum Gasteiger partial charge on any atom is 0.270 e. The van der Waals surface area contributed by atoms with Crippen LogP contribution in [0.5, 0.6) is 0 Å². The molecule has 0 saturated carbocycles. The molecule has 0 bridgehead atoms. The molecule has 0 saturated heterocycles. The average Bonchev–Trinajstić information content (AvgIpc) is 2.78. The number of benzene rings is 2. The highest BCUT2D eigenvalue weighted by Gasteiger charge is 2.44. The van der Waals surface area contributed by atoms with Crippen LogP contribution in [0.3, 0.4) is 0 Å². The smallest absolute Gasteiger partial charge is 0.270 e. The Kier molecular flexibility index (Phi) is 2.88. The van der Waals surface area contributed by atoms with Gasteiger partial charge in [0.2, 0.25) is 5.78 Å². The molecule has 1 unspecified atom stereocenters. The molecular weight excluding hydrogens is 260 g/mol. The Hall–Kier alpha value is -2.06. The minimum Gasteiger partial charge on any atom is -0.459 e. The summed E-state index contributed by atoms with van der Waals surface area (Å²) >= 11 is 6.37. The highest BCUT2D eigenvalue weighted by molar-refractivity contribution is 6.37. The quantitative estimate of drug-likeness (QED) is 0.778. The molecule has 2 nitrogen and oxygen atoms in total. The van der Waals surface area contributed by atoms with Crippen LogP contribution in [-0.2, 0) is 14.6 Å². The van der Waals surface area contributed by atoms with Crippen LogP contribution in [0.4, 0.5) is 0 Å². The maximum atomic E-state index is 12.1. The largest absolute Gasteiger partial charge is 0.459 e. The van der Waals surface area contributed by atoms with Crippen molar-refractivity contribution in [1.82, 2.24) is 0 Å². The number of alkyl halides is 1. The number of hydrogen-bond acceptors (Lipinski definition) is 2. The topological polar surface area (TPSA) is 26.3 Å². The lowest BCUT2D eigenvalue weighted by Gasteiger charge is -2.21. The predicted octanol–water partition coefficient (Wildman–Crippen LogP) is 3.72. The molecule has 0 aromatic heterocycles. The second-order valence-corrected chi connectivity index (χ2v) is 4.83. The van der Waals surface area contributed by atoms with E-state index in [1.165, 1.54) is 6.08 Å². The summed E-state index contributed by atoms with van der Waals surface area (Å²) in [6.45, 7) is 0. The number of rotatable bonds is 2. The lowest BCUT2D eigenvalue weighted by molar-refractivity contribution is -0.123. The van der Waals surface area contributed by atoms with Crippen molar-refractivity contribution in [3.05, 3.63) is 77.9 Å². The molecule has 0 spiro atoms. The second kappa shape index (κ2) is 4.56. The predicted molar refractivity (Wildman–Crippen MR) is 74.5 cm³/mol. The van der Waals surface area contributed by atoms with Crippen molar-refractivity contribution in [3.8, 4) is 0 Å². The maximum absolute atomic E-state index is 12.1. The fraction of sp³-hybridized carbons (Fsp3) is 0.0625. The van der Waals surface area contributed by atoms with Gasteiger partial charge in [-0.25, -0.2) is 0 Å². The van der Waals surface area contributed by atoms with Crippen LogP contribution in [0.15, 0.2) is 66.7 Å². The Balaban J connectivity index is 1.96. The van der Waals surface area contributed by atoms with Gasteiger partial charge in [0.05, 0.1) is 0 Å². The summed E-state index contributed by atoms with van der Waals surface area (Å²) in [6, 6.07) is 18.5. The lowest BCUT2D eigenvalue weighted by atomic mass is 10.1. The van der Waals surface area contributed by atoms with Gasteiger partial charge in [0.15, 0.2) is 0 Å². The minimum absolute atomic E-state index is 0.251. The number of ketones is 1. The van der Waals surface area contributed by atoms with Crippen molar-refractivity contribution in [3.63, 3.8) is 0 Å². The normalized spacial score (nSPS) is 21.9. The summed E-state index contributed by atoms with van der Waals surface area (Å²) in [7, 11) is 0. The number of ether oxygens (including phenoxy) is 1. The van der Waals surface area contributed by atoms with Crippen molar-refractivity contribution in [2.24, 2.45) is 0 Å². The first-order valence-corrected chi connectivity index (χ1v) is 6.33. The first kappa shape index (κ1) is 12.0. The van der Waals surface area contributed by atoms with Gasteiger partial charge in [-0.1, -0.05) is 72.3 Å². The molecule has 1 aliphatic rings. The average molecular weight is 271 g/mol. The number of carbonyl (C=O) groups excluding carboxylic acids is 1. The molecular formula is C16H11ClO2. The standard InChI is InChI=1S/C16H11ClO2/c17-16(13-9-5-2-6-10-13)15(18)11-14(19-16)12-7-3-1-4-8-12/h1-11H. The van der Waals surface area contributed by atoms with Crippen molar-refractivity contribution in [2.75, 3.05) is 0 Å². The summed E-state index contributed by atoms with van der Waals surface area (Å²) in [5.41, 5.74) is 1.48. The molecule has 0 aliphatic carbocycles. The molecule has 1 heterocycles. The number of halogens is 1. The van der Waals surface area contributed by atoms with E-state index in [2.05, 4.69) is 0 Å². The Bertz CT molecular complexity index is 634. The van der Waals surface area contributed by atoms with Crippen LogP contribution in [0.25, 0.3) is 5.76 Å². The molecule has 2 aromatic rings. The van der Waals surface area contributed by atoms with E-state index in [-0.39, 0.29) is 5.78 Å². The van der Waals surface area contributed by atoms with Gasteiger partial charge in [-0.05, 0) is 0 Å². The highest BCUT2D eigenvalue weighted by atomic mass is 35.5. The van der Waals surface area contributed by atoms with Crippen LogP contribution in [0.1, 0.15) is 11.1 Å². The first-order valence-electron chi connectivity index (χ1n) is 5.95. The molecule has 19 heavy (non-hydrogen) atoms. The third-order valence-corrected chi connectivity index (χ3v) is 3.51. The van der Waals surface area contributed by atoms with Gasteiger partial charge < -0.3 is 4.74 Å². The van der Waals surface area contributed by atoms with Crippen LogP contribution in [0.2, 0.25) is 0 Å². The van der Waals surface area contributed by atoms with E-state index >= 15 is 0 Å². The van der Waals surface area contributed by atoms with Gasteiger partial charge in [0, 0.05) is 17.2 Å². The lowest BCUT2D eigenvalue weighted by Crippen LogP contribution is -2.26. The third kappa shape index (κ3) is 2.04. The number of hydrogen-bond donors (Lipinski definition) is 0. The summed E-state index contributed by atoms with van der Waals surface area (Å²) < 4.78 is 5.71. The second-order valence-electron chi connectivity index (χ2n) is 4.30. The Morgan fingerprint density at radius 2 is 1.47 bits per heavy atom. The van der Waals surface area contributed by atoms with Crippen LogP contribution >= 0.6 is 11.6 Å². The van der Waals surface area contributed by atoms with Gasteiger partial charge in [0.25, 0.3) is 5.06 Å². The SMILES string of the molecule is O=C1C=C(c2ccccc2)OC1(Cl)c1ccccc1. The van der Waals surface area contributed by atoms with Gasteiger partial charge in [0.1, 0.15) is 5.76 Å². The fourth-order valence-electron chi connectivity index (χ4n) is 2.04. The van der Waals surface area contributed by atoms with Crippen LogP contribution < -0.4 is 0 Å². The van der Waals surface area contributed by atoms with E-state index in [1.54, 1.807) is 12.1 Å². The molecule has 0 radical (unpaired) electrons. The zero-order valence-electron chi connectivity index (χ0n) is 10.0. The van der Waals surface area contributed by atoms with Crippen LogP contribution in [0, 0.1) is 0 Å². The summed E-state index contributed by atoms with van der Waals surface area (Å²) in [5, 5.41) is -1.44. The molecule has 3 heteroatoms. The Morgan fingerprint density at radius 1 is 0.895 bits per heavy atom. The summed E-state index contributed by atoms with van der Waals surface area (Å²) in [4.78, 5) is 12.1. The molecule has 1 atom stereocenters. The minimum atomic E-state index is -1.44. The van der Waals surface area contributed by atoms with Gasteiger partial charge in [-0.3, -0.25) is 4.79 Å². The van der Waals surface area contributed by atoms with Gasteiger partial charge >= 0.3 is 0 Å². The highest BCUT2D eigenvalue weighted by Crippen LogP contribution is 2.41. The first-order chi connectivity index (χ1) is 9.20. The third-order valence-electron chi connectivity index (χ3n) is 3.03. The van der Waals surface area contributed by atoms with E-state index in [9.17, 15) is 4.79 Å². The molecule has 3 rings (SSSR count). The summed E-state index contributed by atoms with van der Waals surface area (Å²) in [6.07, 6.45) is 1.45. The van der Waals surface area contributed by atoms with E-state index in [0.717, 1.165) is 5.56 Å². The van der Waals surface area contributed by atoms with Gasteiger partial charge in [-0.15, -0.1) is 0 Å². The van der Waals surface area contributed by atoms with E-state index in [0.29, 0.717) is 11.3 Å². The molecule has 2 aromatic carbocycles. The zero-order chi connectivity index (χ0) is 13.3. The van der Waals surface area contributed by atoms with Crippen molar-refractivity contribution >= 4 is 23.1 Å². The number of carbonyl (C=O) groups is 1. The Morgan fingerprint density at radius 3 is 2.11 bits per heavy atom. The Labute approximate surface area is 116 Å². The molecule has 0 fully saturated rings. The van der Waals surface area contributed by atoms with E-state index in [4.69, 9.17) is 16.3 Å². The van der Waals surface area contributed by atoms with Crippen molar-refractivity contribution in [2.45, 2.75) is 5.06 Å². The van der Waals surface area contributed by atoms with Crippen molar-refractivity contribution in [1.29, 1.82) is 0 Å².